The van der Waals surface area contributed by atoms with E-state index < -0.39 is 23.2 Å². The third-order valence-electron chi connectivity index (χ3n) is 4.10. The van der Waals surface area contributed by atoms with Crippen molar-refractivity contribution < 1.29 is 18.0 Å². The first kappa shape index (κ1) is 20.8. The van der Waals surface area contributed by atoms with Crippen molar-refractivity contribution in [1.82, 2.24) is 9.97 Å². The molecule has 0 aliphatic rings. The quantitative estimate of drug-likeness (QED) is 0.716. The van der Waals surface area contributed by atoms with Gasteiger partial charge in [0, 0.05) is 17.9 Å². The van der Waals surface area contributed by atoms with Gasteiger partial charge in [0.25, 0.3) is 0 Å². The molecule has 146 valence electrons. The highest BCUT2D eigenvalue weighted by Gasteiger charge is 2.37. The van der Waals surface area contributed by atoms with Crippen LogP contribution in [0, 0.1) is 5.92 Å². The van der Waals surface area contributed by atoms with E-state index in [2.05, 4.69) is 9.97 Å². The molecule has 2 aromatic heterocycles. The molecule has 2 rings (SSSR count). The van der Waals surface area contributed by atoms with Crippen LogP contribution < -0.4 is 11.5 Å². The van der Waals surface area contributed by atoms with Gasteiger partial charge in [-0.3, -0.25) is 4.79 Å². The Morgan fingerprint density at radius 2 is 1.93 bits per heavy atom. The Morgan fingerprint density at radius 1 is 1.22 bits per heavy atom. The fraction of sp³-hybridized carbons (Fsp3) is 0.421. The lowest BCUT2D eigenvalue weighted by Crippen LogP contribution is -2.23. The standard InChI is InChI=1S/C19H23F3N4O/c1-11(2)10-12(23)5-6-13-7-8-15(19(20,21)22)16(26-13)17(27)14-4-3-9-25-18(14)24/h3-4,7-9,11-12H,5-6,10,23H2,1-2H3,(H2,24,25)/t12-/m1/s1. The SMILES string of the molecule is CC(C)C[C@H](N)CCc1ccc(C(F)(F)F)c(C(=O)c2cccnc2N)n1. The maximum Gasteiger partial charge on any atom is 0.418 e. The molecule has 0 aromatic carbocycles. The van der Waals surface area contributed by atoms with Gasteiger partial charge in [0.1, 0.15) is 11.5 Å². The summed E-state index contributed by atoms with van der Waals surface area (Å²) in [6.07, 6.45) is -1.59. The van der Waals surface area contributed by atoms with E-state index in [4.69, 9.17) is 11.5 Å². The van der Waals surface area contributed by atoms with Gasteiger partial charge in [-0.15, -0.1) is 0 Å². The van der Waals surface area contributed by atoms with Gasteiger partial charge in [0.05, 0.1) is 11.1 Å². The number of alkyl halides is 3. The first-order chi connectivity index (χ1) is 12.6. The van der Waals surface area contributed by atoms with Crippen molar-refractivity contribution in [2.45, 2.75) is 45.3 Å². The molecular formula is C19H23F3N4O. The normalized spacial score (nSPS) is 13.0. The Bertz CT molecular complexity index is 806. The van der Waals surface area contributed by atoms with Crippen LogP contribution >= 0.6 is 0 Å². The zero-order chi connectivity index (χ0) is 20.2. The van der Waals surface area contributed by atoms with Crippen molar-refractivity contribution in [1.29, 1.82) is 0 Å². The summed E-state index contributed by atoms with van der Waals surface area (Å²) < 4.78 is 40.1. The lowest BCUT2D eigenvalue weighted by molar-refractivity contribution is -0.138. The van der Waals surface area contributed by atoms with Crippen LogP contribution in [0.2, 0.25) is 0 Å². The smallest absolute Gasteiger partial charge is 0.383 e. The predicted octanol–water partition coefficient (Wildman–Crippen LogP) is 3.61. The lowest BCUT2D eigenvalue weighted by Gasteiger charge is -2.15. The highest BCUT2D eigenvalue weighted by Crippen LogP contribution is 2.33. The van der Waals surface area contributed by atoms with E-state index in [1.807, 2.05) is 13.8 Å². The Balaban J connectivity index is 2.35. The number of hydrogen-bond acceptors (Lipinski definition) is 5. The van der Waals surface area contributed by atoms with Gasteiger partial charge in [-0.05, 0) is 49.4 Å². The minimum atomic E-state index is -4.71. The van der Waals surface area contributed by atoms with Gasteiger partial charge in [-0.2, -0.15) is 13.2 Å². The largest absolute Gasteiger partial charge is 0.418 e. The van der Waals surface area contributed by atoms with Crippen molar-refractivity contribution in [3.63, 3.8) is 0 Å². The summed E-state index contributed by atoms with van der Waals surface area (Å²) in [7, 11) is 0. The van der Waals surface area contributed by atoms with Crippen LogP contribution in [0.3, 0.4) is 0 Å². The second kappa shape index (κ2) is 8.47. The Kier molecular flexibility index (Phi) is 6.54. The molecule has 0 fully saturated rings. The summed E-state index contributed by atoms with van der Waals surface area (Å²) in [4.78, 5) is 20.4. The van der Waals surface area contributed by atoms with Crippen LogP contribution in [-0.4, -0.2) is 21.8 Å². The number of ketones is 1. The minimum absolute atomic E-state index is 0.0813. The second-order valence-corrected chi connectivity index (χ2v) is 6.89. The average Bonchev–Trinajstić information content (AvgIpc) is 2.58. The summed E-state index contributed by atoms with van der Waals surface area (Å²) in [5.41, 5.74) is 10.2. The summed E-state index contributed by atoms with van der Waals surface area (Å²) in [6, 6.07) is 4.86. The number of halogens is 3. The second-order valence-electron chi connectivity index (χ2n) is 6.89. The maximum absolute atomic E-state index is 13.4. The number of aryl methyl sites for hydroxylation is 1. The molecule has 0 saturated carbocycles. The van der Waals surface area contributed by atoms with Crippen molar-refractivity contribution in [2.24, 2.45) is 11.7 Å². The van der Waals surface area contributed by atoms with E-state index >= 15 is 0 Å². The van der Waals surface area contributed by atoms with Gasteiger partial charge in [0.2, 0.25) is 5.78 Å². The number of nitrogens with two attached hydrogens (primary N) is 2. The molecule has 27 heavy (non-hydrogen) atoms. The Morgan fingerprint density at radius 3 is 2.52 bits per heavy atom. The van der Waals surface area contributed by atoms with E-state index in [0.717, 1.165) is 12.5 Å². The molecule has 1 atom stereocenters. The van der Waals surface area contributed by atoms with Crippen LogP contribution in [0.5, 0.6) is 0 Å². The molecule has 0 saturated heterocycles. The highest BCUT2D eigenvalue weighted by atomic mass is 19.4. The summed E-state index contributed by atoms with van der Waals surface area (Å²) in [6.45, 7) is 4.09. The summed E-state index contributed by atoms with van der Waals surface area (Å²) in [5, 5.41) is 0. The average molecular weight is 380 g/mol. The highest BCUT2D eigenvalue weighted by molar-refractivity contribution is 6.11. The molecule has 0 unspecified atom stereocenters. The van der Waals surface area contributed by atoms with Gasteiger partial charge in [-0.1, -0.05) is 13.8 Å². The fourth-order valence-electron chi connectivity index (χ4n) is 2.83. The maximum atomic E-state index is 13.4. The van der Waals surface area contributed by atoms with E-state index in [9.17, 15) is 18.0 Å². The van der Waals surface area contributed by atoms with Crippen LogP contribution in [-0.2, 0) is 12.6 Å². The van der Waals surface area contributed by atoms with Crippen LogP contribution in [0.15, 0.2) is 30.5 Å². The molecule has 8 heteroatoms. The molecule has 0 aliphatic carbocycles. The topological polar surface area (TPSA) is 94.9 Å². The van der Waals surface area contributed by atoms with Gasteiger partial charge < -0.3 is 11.5 Å². The predicted molar refractivity (Wildman–Crippen MR) is 97.1 cm³/mol. The van der Waals surface area contributed by atoms with E-state index in [1.54, 1.807) is 0 Å². The third kappa shape index (κ3) is 5.50. The first-order valence-electron chi connectivity index (χ1n) is 8.67. The Hall–Kier alpha value is -2.48. The number of nitrogens with zero attached hydrogens (tertiary/aromatic N) is 2. The molecule has 0 amide bonds. The summed E-state index contributed by atoms with van der Waals surface area (Å²) >= 11 is 0. The van der Waals surface area contributed by atoms with Crippen molar-refractivity contribution in [3.05, 3.63) is 53.0 Å². The van der Waals surface area contributed by atoms with Crippen molar-refractivity contribution in [2.75, 3.05) is 5.73 Å². The number of carbonyl (C=O) groups excluding carboxylic acids is 1. The number of rotatable bonds is 7. The van der Waals surface area contributed by atoms with E-state index in [0.29, 0.717) is 24.5 Å². The molecule has 4 N–H and O–H groups in total. The molecule has 2 heterocycles. The third-order valence-corrected chi connectivity index (χ3v) is 4.10. The van der Waals surface area contributed by atoms with E-state index in [-0.39, 0.29) is 17.4 Å². The molecular weight excluding hydrogens is 357 g/mol. The van der Waals surface area contributed by atoms with Gasteiger partial charge in [0.15, 0.2) is 0 Å². The number of aromatic nitrogens is 2. The molecule has 0 radical (unpaired) electrons. The molecule has 2 aromatic rings. The molecule has 0 spiro atoms. The number of anilines is 1. The van der Waals surface area contributed by atoms with Crippen LogP contribution in [0.1, 0.15) is 54.0 Å². The van der Waals surface area contributed by atoms with Gasteiger partial charge >= 0.3 is 6.18 Å². The fourth-order valence-corrected chi connectivity index (χ4v) is 2.83. The molecule has 0 bridgehead atoms. The zero-order valence-electron chi connectivity index (χ0n) is 15.3. The van der Waals surface area contributed by atoms with Gasteiger partial charge in [-0.25, -0.2) is 9.97 Å². The minimum Gasteiger partial charge on any atom is -0.383 e. The molecule has 0 aliphatic heterocycles. The van der Waals surface area contributed by atoms with E-state index in [1.165, 1.54) is 24.4 Å². The Labute approximate surface area is 156 Å². The van der Waals surface area contributed by atoms with Crippen molar-refractivity contribution in [3.8, 4) is 0 Å². The van der Waals surface area contributed by atoms with Crippen LogP contribution in [0.4, 0.5) is 19.0 Å². The number of hydrogen-bond donors (Lipinski definition) is 2. The number of carbonyl (C=O) groups is 1. The van der Waals surface area contributed by atoms with Crippen LogP contribution in [0.25, 0.3) is 0 Å². The summed E-state index contributed by atoms with van der Waals surface area (Å²) in [5.74, 6) is -0.616. The monoisotopic (exact) mass is 380 g/mol. The number of pyridine rings is 2. The zero-order valence-corrected chi connectivity index (χ0v) is 15.3. The first-order valence-corrected chi connectivity index (χ1v) is 8.67. The lowest BCUT2D eigenvalue weighted by atomic mass is 9.98. The van der Waals surface area contributed by atoms with Crippen molar-refractivity contribution >= 4 is 11.6 Å². The molecule has 5 nitrogen and oxygen atoms in total. The number of nitrogen functional groups attached to an aromatic ring is 1.